The predicted octanol–water partition coefficient (Wildman–Crippen LogP) is 2.55. The van der Waals surface area contributed by atoms with Gasteiger partial charge in [-0.15, -0.1) is 0 Å². The molecule has 0 spiro atoms. The number of ether oxygens (including phenoxy) is 1. The van der Waals surface area contributed by atoms with Crippen molar-refractivity contribution in [2.45, 2.75) is 25.7 Å². The number of hydrogen-bond acceptors (Lipinski definition) is 7. The molecule has 1 unspecified atom stereocenters. The van der Waals surface area contributed by atoms with Crippen LogP contribution in [-0.4, -0.2) is 49.0 Å². The Morgan fingerprint density at radius 3 is 2.47 bits per heavy atom. The summed E-state index contributed by atoms with van der Waals surface area (Å²) in [6.45, 7) is 0.897. The SMILES string of the molecule is Cc1cc(C2Oc3ccccc3NC2=O)cnc1-n1cnn(CC(CN)=C(F)F)c1=O.O=C(O)C(F)(F)F. The first-order valence-electron chi connectivity index (χ1n) is 10.5. The first kappa shape index (κ1) is 28.0. The highest BCUT2D eigenvalue weighted by atomic mass is 19.4. The van der Waals surface area contributed by atoms with Crippen LogP contribution in [0.15, 0.2) is 59.3 Å². The number of nitrogens with one attached hydrogen (secondary N) is 1. The molecule has 0 saturated heterocycles. The Hall–Kier alpha value is -4.60. The number of amides is 1. The van der Waals surface area contributed by atoms with Gasteiger partial charge in [-0.25, -0.2) is 23.8 Å². The summed E-state index contributed by atoms with van der Waals surface area (Å²) in [6, 6.07) is 8.74. The van der Waals surface area contributed by atoms with E-state index in [1.54, 1.807) is 37.3 Å². The molecule has 2 aromatic heterocycles. The first-order chi connectivity index (χ1) is 17.8. The Balaban J connectivity index is 0.000000505. The number of rotatable bonds is 5. The number of aliphatic carboxylic acids is 1. The zero-order valence-corrected chi connectivity index (χ0v) is 19.4. The number of carbonyl (C=O) groups excluding carboxylic acids is 1. The maximum absolute atomic E-state index is 12.8. The van der Waals surface area contributed by atoms with Gasteiger partial charge < -0.3 is 20.9 Å². The number of nitrogens with two attached hydrogens (primary N) is 1. The van der Waals surface area contributed by atoms with Crippen LogP contribution in [0.4, 0.5) is 27.6 Å². The van der Waals surface area contributed by atoms with Gasteiger partial charge in [0, 0.05) is 23.9 Å². The van der Waals surface area contributed by atoms with Gasteiger partial charge in [-0.2, -0.15) is 27.1 Å². The van der Waals surface area contributed by atoms with Crippen molar-refractivity contribution in [2.75, 3.05) is 11.9 Å². The van der Waals surface area contributed by atoms with Crippen molar-refractivity contribution in [3.63, 3.8) is 0 Å². The number of alkyl halides is 3. The fourth-order valence-electron chi connectivity index (χ4n) is 3.23. The Kier molecular flexibility index (Phi) is 8.25. The van der Waals surface area contributed by atoms with Crippen LogP contribution in [-0.2, 0) is 16.1 Å². The molecule has 0 aliphatic carbocycles. The van der Waals surface area contributed by atoms with Gasteiger partial charge in [-0.1, -0.05) is 12.1 Å². The minimum Gasteiger partial charge on any atom is -0.475 e. The lowest BCUT2D eigenvalue weighted by Crippen LogP contribution is -2.30. The van der Waals surface area contributed by atoms with Crippen LogP contribution in [0, 0.1) is 6.92 Å². The monoisotopic (exact) mass is 542 g/mol. The smallest absolute Gasteiger partial charge is 0.475 e. The minimum absolute atomic E-state index is 0.260. The molecule has 1 aliphatic rings. The Morgan fingerprint density at radius 1 is 1.24 bits per heavy atom. The third-order valence-corrected chi connectivity index (χ3v) is 5.06. The van der Waals surface area contributed by atoms with Gasteiger partial charge in [-0.05, 0) is 30.7 Å². The number of anilines is 1. The van der Waals surface area contributed by atoms with Crippen LogP contribution >= 0.6 is 0 Å². The number of hydrogen-bond donors (Lipinski definition) is 3. The molecule has 1 aliphatic heterocycles. The van der Waals surface area contributed by atoms with E-state index >= 15 is 0 Å². The lowest BCUT2D eigenvalue weighted by molar-refractivity contribution is -0.192. The molecule has 1 amide bonds. The van der Waals surface area contributed by atoms with E-state index in [0.29, 0.717) is 22.6 Å². The van der Waals surface area contributed by atoms with E-state index in [9.17, 15) is 31.5 Å². The Labute approximate surface area is 210 Å². The Morgan fingerprint density at radius 2 is 1.89 bits per heavy atom. The molecular weight excluding hydrogens is 523 g/mol. The molecule has 0 bridgehead atoms. The summed E-state index contributed by atoms with van der Waals surface area (Å²) < 4.78 is 65.3. The molecule has 38 heavy (non-hydrogen) atoms. The Bertz CT molecular complexity index is 1440. The normalized spacial score (nSPS) is 14.4. The van der Waals surface area contributed by atoms with Crippen LogP contribution in [0.2, 0.25) is 0 Å². The maximum Gasteiger partial charge on any atom is 0.490 e. The van der Waals surface area contributed by atoms with E-state index < -0.39 is 36.6 Å². The zero-order chi connectivity index (χ0) is 28.2. The van der Waals surface area contributed by atoms with Crippen molar-refractivity contribution in [3.05, 3.63) is 76.1 Å². The maximum atomic E-state index is 12.8. The molecule has 3 aromatic rings. The van der Waals surface area contributed by atoms with Gasteiger partial charge >= 0.3 is 17.8 Å². The fourth-order valence-corrected chi connectivity index (χ4v) is 3.23. The van der Waals surface area contributed by atoms with E-state index in [0.717, 1.165) is 9.25 Å². The summed E-state index contributed by atoms with van der Waals surface area (Å²) in [5, 5.41) is 13.8. The molecular formula is C22H19F5N6O5. The highest BCUT2D eigenvalue weighted by Crippen LogP contribution is 2.34. The molecule has 0 saturated carbocycles. The summed E-state index contributed by atoms with van der Waals surface area (Å²) in [4.78, 5) is 38.2. The highest BCUT2D eigenvalue weighted by molar-refractivity contribution is 5.98. The summed E-state index contributed by atoms with van der Waals surface area (Å²) >= 11 is 0. The van der Waals surface area contributed by atoms with Gasteiger partial charge in [0.2, 0.25) is 6.10 Å². The van der Waals surface area contributed by atoms with E-state index in [-0.39, 0.29) is 23.8 Å². The summed E-state index contributed by atoms with van der Waals surface area (Å²) in [6.07, 6.45) is -5.30. The number of carboxylic acid groups (broad SMARTS) is 1. The lowest BCUT2D eigenvalue weighted by atomic mass is 10.1. The number of nitrogens with zero attached hydrogens (tertiary/aromatic N) is 4. The van der Waals surface area contributed by atoms with E-state index in [1.807, 2.05) is 0 Å². The third kappa shape index (κ3) is 6.20. The third-order valence-electron chi connectivity index (χ3n) is 5.06. The molecule has 16 heteroatoms. The van der Waals surface area contributed by atoms with E-state index in [4.69, 9.17) is 20.4 Å². The summed E-state index contributed by atoms with van der Waals surface area (Å²) in [7, 11) is 0. The number of benzene rings is 1. The number of carboxylic acids is 1. The second-order valence-corrected chi connectivity index (χ2v) is 7.70. The van der Waals surface area contributed by atoms with Crippen molar-refractivity contribution in [3.8, 4) is 11.6 Å². The van der Waals surface area contributed by atoms with Crippen molar-refractivity contribution in [1.82, 2.24) is 19.3 Å². The molecule has 11 nitrogen and oxygen atoms in total. The standard InChI is InChI=1S/C20H18F2N6O3.C2HF3O2/c1-11-6-12(16-19(29)26-14-4-2-3-5-15(14)31-16)8-24-18(11)27-10-25-28(20(27)30)9-13(7-23)17(21)22;3-2(4,5)1(6)7/h2-6,8,10,16H,7,9,23H2,1H3,(H,26,29);(H,6,7). The largest absolute Gasteiger partial charge is 0.490 e. The van der Waals surface area contributed by atoms with Crippen molar-refractivity contribution in [1.29, 1.82) is 0 Å². The van der Waals surface area contributed by atoms with Gasteiger partial charge in [0.1, 0.15) is 17.9 Å². The average molecular weight is 542 g/mol. The number of halogens is 5. The highest BCUT2D eigenvalue weighted by Gasteiger charge is 2.38. The topological polar surface area (TPSA) is 154 Å². The number of pyridine rings is 1. The van der Waals surface area contributed by atoms with Crippen molar-refractivity contribution >= 4 is 17.6 Å². The summed E-state index contributed by atoms with van der Waals surface area (Å²) in [5.41, 5.74) is 5.93. The summed E-state index contributed by atoms with van der Waals surface area (Å²) in [5.74, 6) is -2.30. The molecule has 4 N–H and O–H groups in total. The molecule has 3 heterocycles. The van der Waals surface area contributed by atoms with Crippen LogP contribution in [0.1, 0.15) is 17.2 Å². The fraction of sp³-hybridized carbons (Fsp3) is 0.227. The van der Waals surface area contributed by atoms with E-state index in [2.05, 4.69) is 15.4 Å². The molecule has 0 radical (unpaired) electrons. The predicted molar refractivity (Wildman–Crippen MR) is 121 cm³/mol. The van der Waals surface area contributed by atoms with Crippen LogP contribution in [0.25, 0.3) is 5.82 Å². The number of aromatic nitrogens is 4. The lowest BCUT2D eigenvalue weighted by Gasteiger charge is -2.26. The number of aryl methyl sites for hydroxylation is 1. The number of para-hydroxylation sites is 2. The number of carbonyl (C=O) groups is 2. The van der Waals surface area contributed by atoms with Crippen molar-refractivity contribution < 1.29 is 41.4 Å². The molecule has 0 fully saturated rings. The molecule has 202 valence electrons. The first-order valence-corrected chi connectivity index (χ1v) is 10.5. The van der Waals surface area contributed by atoms with Gasteiger partial charge in [0.05, 0.1) is 12.2 Å². The van der Waals surface area contributed by atoms with Crippen LogP contribution in [0.3, 0.4) is 0 Å². The zero-order valence-electron chi connectivity index (χ0n) is 19.4. The van der Waals surface area contributed by atoms with Crippen LogP contribution < -0.4 is 21.5 Å². The average Bonchev–Trinajstić information content (AvgIpc) is 3.21. The molecule has 1 aromatic carbocycles. The second kappa shape index (κ2) is 11.2. The quantitative estimate of drug-likeness (QED) is 0.416. The minimum atomic E-state index is -5.08. The van der Waals surface area contributed by atoms with Crippen molar-refractivity contribution in [2.24, 2.45) is 5.73 Å². The van der Waals surface area contributed by atoms with E-state index in [1.165, 1.54) is 12.5 Å². The second-order valence-electron chi connectivity index (χ2n) is 7.70. The van der Waals surface area contributed by atoms with Crippen LogP contribution in [0.5, 0.6) is 5.75 Å². The van der Waals surface area contributed by atoms with Gasteiger partial charge in [-0.3, -0.25) is 4.79 Å². The molecule has 1 atom stereocenters. The van der Waals surface area contributed by atoms with Gasteiger partial charge in [0.15, 0.2) is 0 Å². The molecule has 4 rings (SSSR count). The number of fused-ring (bicyclic) bond motifs is 1. The van der Waals surface area contributed by atoms with Gasteiger partial charge in [0.25, 0.3) is 12.0 Å².